The molecule has 0 spiro atoms. The molecular weight excluding hydrogens is 242 g/mol. The highest BCUT2D eigenvalue weighted by Gasteiger charge is 2.12. The van der Waals surface area contributed by atoms with Gasteiger partial charge in [0.2, 0.25) is 0 Å². The van der Waals surface area contributed by atoms with Crippen LogP contribution in [0.15, 0.2) is 6.07 Å². The first-order valence-electron chi connectivity index (χ1n) is 3.80. The molecule has 0 aliphatic carbocycles. The Morgan fingerprint density at radius 1 is 1.53 bits per heavy atom. The predicted molar refractivity (Wildman–Crippen MR) is 59.7 cm³/mol. The minimum absolute atomic E-state index is 0. The number of ether oxygens (including phenoxy) is 3. The molecule has 1 aromatic heterocycles. The fourth-order valence-electron chi connectivity index (χ4n) is 0.893. The first kappa shape index (κ1) is 14.0. The Hall–Kier alpha value is -0.980. The van der Waals surface area contributed by atoms with Gasteiger partial charge in [-0.05, 0) is 6.07 Å². The van der Waals surface area contributed by atoms with Gasteiger partial charge in [-0.1, -0.05) is 11.3 Å². The second kappa shape index (κ2) is 6.49. The molecule has 7 heteroatoms. The molecule has 2 N–H and O–H groups in total. The number of rotatable bonds is 3. The monoisotopic (exact) mass is 253 g/mol. The molecule has 0 amide bonds. The largest absolute Gasteiger partial charge is 0.514 e. The molecule has 0 aliphatic rings. The van der Waals surface area contributed by atoms with E-state index < -0.39 is 6.16 Å². The second-order valence-electron chi connectivity index (χ2n) is 2.45. The Bertz CT molecular complexity index is 328. The van der Waals surface area contributed by atoms with Crippen molar-refractivity contribution in [1.82, 2.24) is 0 Å². The van der Waals surface area contributed by atoms with Crippen molar-refractivity contribution < 1.29 is 19.0 Å². The summed E-state index contributed by atoms with van der Waals surface area (Å²) in [4.78, 5) is 10.8. The van der Waals surface area contributed by atoms with Crippen LogP contribution in [-0.4, -0.2) is 20.4 Å². The van der Waals surface area contributed by atoms with Crippen molar-refractivity contribution >= 4 is 34.9 Å². The molecule has 0 aromatic carbocycles. The van der Waals surface area contributed by atoms with Crippen molar-refractivity contribution in [3.05, 3.63) is 11.6 Å². The number of carbonyl (C=O) groups is 1. The number of nitrogen functional groups attached to an aromatic ring is 1. The molecule has 0 fully saturated rings. The van der Waals surface area contributed by atoms with Gasteiger partial charge in [0.1, 0.15) is 0 Å². The van der Waals surface area contributed by atoms with Gasteiger partial charge in [0.05, 0.1) is 18.7 Å². The lowest BCUT2D eigenvalue weighted by Gasteiger charge is -2.02. The zero-order valence-corrected chi connectivity index (χ0v) is 9.94. The molecule has 0 aliphatic heterocycles. The molecule has 1 heterocycles. The van der Waals surface area contributed by atoms with Crippen molar-refractivity contribution in [3.63, 3.8) is 0 Å². The molecule has 0 saturated heterocycles. The maximum Gasteiger partial charge on any atom is 0.514 e. The zero-order valence-electron chi connectivity index (χ0n) is 8.31. The van der Waals surface area contributed by atoms with Crippen LogP contribution in [0.4, 0.5) is 9.80 Å². The summed E-state index contributed by atoms with van der Waals surface area (Å²) in [5, 5.41) is 0.979. The number of nitrogens with two attached hydrogens (primary N) is 1. The molecule has 0 radical (unpaired) electrons. The highest BCUT2D eigenvalue weighted by Crippen LogP contribution is 2.33. The number of halogens is 1. The molecule has 5 nitrogen and oxygen atoms in total. The van der Waals surface area contributed by atoms with E-state index in [1.165, 1.54) is 18.4 Å². The van der Waals surface area contributed by atoms with Crippen LogP contribution < -0.4 is 10.5 Å². The maximum absolute atomic E-state index is 10.8. The fraction of sp³-hybridized carbons (Fsp3) is 0.375. The summed E-state index contributed by atoms with van der Waals surface area (Å²) in [6.45, 7) is 0.347. The maximum atomic E-state index is 10.8. The van der Waals surface area contributed by atoms with Crippen LogP contribution in [0.1, 0.15) is 5.56 Å². The summed E-state index contributed by atoms with van der Waals surface area (Å²) in [5.74, 6) is 0. The molecule has 15 heavy (non-hydrogen) atoms. The summed E-state index contributed by atoms with van der Waals surface area (Å²) in [5.41, 5.74) is 6.29. The van der Waals surface area contributed by atoms with E-state index in [0.717, 1.165) is 5.56 Å². The third kappa shape index (κ3) is 3.94. The van der Waals surface area contributed by atoms with Gasteiger partial charge >= 0.3 is 6.16 Å². The molecule has 0 atom stereocenters. The summed E-state index contributed by atoms with van der Waals surface area (Å²) >= 11 is 1.17. The van der Waals surface area contributed by atoms with Gasteiger partial charge in [0.25, 0.3) is 0 Å². The van der Waals surface area contributed by atoms with Crippen molar-refractivity contribution in [2.24, 2.45) is 0 Å². The Labute approximate surface area is 97.5 Å². The van der Waals surface area contributed by atoms with Crippen LogP contribution in [0.2, 0.25) is 0 Å². The lowest BCUT2D eigenvalue weighted by atomic mass is 10.3. The van der Waals surface area contributed by atoms with Crippen LogP contribution in [0, 0.1) is 0 Å². The first-order chi connectivity index (χ1) is 6.67. The lowest BCUT2D eigenvalue weighted by Crippen LogP contribution is -2.07. The highest BCUT2D eigenvalue weighted by molar-refractivity contribution is 7.17. The normalized spacial score (nSPS) is 9.20. The minimum atomic E-state index is -0.760. The van der Waals surface area contributed by atoms with Crippen LogP contribution in [0.3, 0.4) is 0 Å². The molecule has 1 rings (SSSR count). The molecule has 1 aromatic rings. The van der Waals surface area contributed by atoms with Crippen LogP contribution >= 0.6 is 23.7 Å². The summed E-state index contributed by atoms with van der Waals surface area (Å²) < 4.78 is 14.1. The Morgan fingerprint density at radius 2 is 2.20 bits per heavy atom. The smallest absolute Gasteiger partial charge is 0.437 e. The average molecular weight is 254 g/mol. The van der Waals surface area contributed by atoms with Crippen molar-refractivity contribution in [3.8, 4) is 5.06 Å². The third-order valence-corrected chi connectivity index (χ3v) is 2.32. The van der Waals surface area contributed by atoms with E-state index in [0.29, 0.717) is 16.7 Å². The fourth-order valence-corrected chi connectivity index (χ4v) is 1.67. The van der Waals surface area contributed by atoms with E-state index >= 15 is 0 Å². The predicted octanol–water partition coefficient (Wildman–Crippen LogP) is 2.04. The SMILES string of the molecule is COCc1cc(N)sc1OC(=O)OC.Cl. The number of hydrogen-bond donors (Lipinski definition) is 1. The molecule has 0 unspecified atom stereocenters. The van der Waals surface area contributed by atoms with Gasteiger partial charge in [-0.15, -0.1) is 12.4 Å². The Balaban J connectivity index is 0.00000196. The minimum Gasteiger partial charge on any atom is -0.437 e. The van der Waals surface area contributed by atoms with E-state index in [2.05, 4.69) is 4.74 Å². The van der Waals surface area contributed by atoms with E-state index in [9.17, 15) is 4.79 Å². The van der Waals surface area contributed by atoms with Crippen LogP contribution in [-0.2, 0) is 16.1 Å². The second-order valence-corrected chi connectivity index (χ2v) is 3.50. The number of anilines is 1. The first-order valence-corrected chi connectivity index (χ1v) is 4.62. The van der Waals surface area contributed by atoms with E-state index in [4.69, 9.17) is 15.2 Å². The highest BCUT2D eigenvalue weighted by atomic mass is 35.5. The summed E-state index contributed by atoms with van der Waals surface area (Å²) in [7, 11) is 2.80. The topological polar surface area (TPSA) is 70.8 Å². The van der Waals surface area contributed by atoms with Crippen molar-refractivity contribution in [1.29, 1.82) is 0 Å². The summed E-state index contributed by atoms with van der Waals surface area (Å²) in [6, 6.07) is 1.70. The van der Waals surface area contributed by atoms with E-state index in [-0.39, 0.29) is 12.4 Å². The number of thiophene rings is 1. The summed E-state index contributed by atoms with van der Waals surface area (Å²) in [6.07, 6.45) is -0.760. The Morgan fingerprint density at radius 3 is 2.73 bits per heavy atom. The Kier molecular flexibility index (Phi) is 6.07. The quantitative estimate of drug-likeness (QED) is 0.835. The van der Waals surface area contributed by atoms with Gasteiger partial charge in [0.15, 0.2) is 5.06 Å². The molecular formula is C8H12ClNO4S. The zero-order chi connectivity index (χ0) is 10.6. The van der Waals surface area contributed by atoms with Crippen molar-refractivity contribution in [2.75, 3.05) is 20.0 Å². The lowest BCUT2D eigenvalue weighted by molar-refractivity contribution is 0.121. The molecule has 86 valence electrons. The van der Waals surface area contributed by atoms with Crippen LogP contribution in [0.5, 0.6) is 5.06 Å². The number of hydrogen-bond acceptors (Lipinski definition) is 6. The van der Waals surface area contributed by atoms with Gasteiger partial charge in [-0.25, -0.2) is 4.79 Å². The number of methoxy groups -OCH3 is 2. The van der Waals surface area contributed by atoms with E-state index in [1.54, 1.807) is 13.2 Å². The van der Waals surface area contributed by atoms with Crippen LogP contribution in [0.25, 0.3) is 0 Å². The average Bonchev–Trinajstić information content (AvgIpc) is 2.47. The van der Waals surface area contributed by atoms with Crippen molar-refractivity contribution in [2.45, 2.75) is 6.61 Å². The van der Waals surface area contributed by atoms with E-state index in [1.807, 2.05) is 0 Å². The molecule has 0 saturated carbocycles. The van der Waals surface area contributed by atoms with Gasteiger partial charge < -0.3 is 19.9 Å². The van der Waals surface area contributed by atoms with Gasteiger partial charge in [0, 0.05) is 12.7 Å². The molecule has 0 bridgehead atoms. The third-order valence-electron chi connectivity index (χ3n) is 1.43. The van der Waals surface area contributed by atoms with Gasteiger partial charge in [-0.2, -0.15) is 0 Å². The number of carbonyl (C=O) groups excluding carboxylic acids is 1. The van der Waals surface area contributed by atoms with Gasteiger partial charge in [-0.3, -0.25) is 0 Å². The standard InChI is InChI=1S/C8H11NO4S.ClH/c1-11-4-5-3-6(9)14-7(5)13-8(10)12-2;/h3H,4,9H2,1-2H3;1H.